The minimum atomic E-state index is 0.498. The fourth-order valence-electron chi connectivity index (χ4n) is 2.42. The average molecular weight is 357 g/mol. The monoisotopic (exact) mass is 357 g/mol. The molecule has 0 spiro atoms. The van der Waals surface area contributed by atoms with Gasteiger partial charge in [-0.3, -0.25) is 0 Å². The minimum Gasteiger partial charge on any atom is -0.465 e. The van der Waals surface area contributed by atoms with Gasteiger partial charge in [-0.05, 0) is 62.7 Å². The van der Waals surface area contributed by atoms with Crippen molar-refractivity contribution < 1.29 is 9.47 Å². The van der Waals surface area contributed by atoms with Crippen LogP contribution in [0.2, 0.25) is 0 Å². The lowest BCUT2D eigenvalue weighted by Crippen LogP contribution is -2.10. The highest BCUT2D eigenvalue weighted by Crippen LogP contribution is 2.19. The minimum absolute atomic E-state index is 0.498. The molecule has 136 valence electrons. The first kappa shape index (κ1) is 18.5. The van der Waals surface area contributed by atoms with Crippen LogP contribution < -0.4 is 9.47 Å². The first-order valence-electron chi connectivity index (χ1n) is 8.89. The summed E-state index contributed by atoms with van der Waals surface area (Å²) >= 11 is 0. The molecule has 0 bridgehead atoms. The molecular formula is C24H23NO2. The second kappa shape index (κ2) is 8.86. The third-order valence-corrected chi connectivity index (χ3v) is 3.92. The largest absolute Gasteiger partial charge is 0.465 e. The predicted octanol–water partition coefficient (Wildman–Crippen LogP) is 6.40. The molecule has 3 aromatic rings. The Morgan fingerprint density at radius 1 is 0.778 bits per heavy atom. The van der Waals surface area contributed by atoms with Gasteiger partial charge in [0.15, 0.2) is 0 Å². The van der Waals surface area contributed by atoms with Gasteiger partial charge in [-0.2, -0.15) is 0 Å². The van der Waals surface area contributed by atoms with Crippen LogP contribution in [0.3, 0.4) is 0 Å². The van der Waals surface area contributed by atoms with Gasteiger partial charge in [0.1, 0.15) is 11.5 Å². The Morgan fingerprint density at radius 2 is 1.48 bits per heavy atom. The lowest BCUT2D eigenvalue weighted by atomic mass is 10.2. The molecule has 3 nitrogen and oxygen atoms in total. The molecule has 0 aromatic heterocycles. The van der Waals surface area contributed by atoms with E-state index in [1.54, 1.807) is 6.26 Å². The standard InChI is InChI=1S/C24H23NO2/c1-18-12-14-21(15-13-18)25-24(27-22-9-5-4-6-10-22)20(3)17-26-23-11-7-8-19(2)16-23/h4-17H,1-3H3/b20-17+,25-24-. The lowest BCUT2D eigenvalue weighted by Gasteiger charge is -2.10. The van der Waals surface area contributed by atoms with E-state index >= 15 is 0 Å². The molecule has 0 fully saturated rings. The fourth-order valence-corrected chi connectivity index (χ4v) is 2.42. The maximum Gasteiger partial charge on any atom is 0.225 e. The van der Waals surface area contributed by atoms with Crippen molar-refractivity contribution in [2.45, 2.75) is 20.8 Å². The van der Waals surface area contributed by atoms with Gasteiger partial charge in [0.05, 0.1) is 11.9 Å². The van der Waals surface area contributed by atoms with Gasteiger partial charge >= 0.3 is 0 Å². The van der Waals surface area contributed by atoms with E-state index in [2.05, 4.69) is 11.9 Å². The van der Waals surface area contributed by atoms with Crippen LogP contribution in [-0.4, -0.2) is 5.90 Å². The SMILES string of the molecule is CC(=C\Oc1cccc(C)c1)/C(=N/c1ccc(C)cc1)Oc1ccccc1. The van der Waals surface area contributed by atoms with E-state index in [0.717, 1.165) is 28.3 Å². The summed E-state index contributed by atoms with van der Waals surface area (Å²) in [5.74, 6) is 2.01. The smallest absolute Gasteiger partial charge is 0.225 e. The van der Waals surface area contributed by atoms with Crippen LogP contribution in [0.15, 0.2) is 95.7 Å². The maximum absolute atomic E-state index is 6.02. The Morgan fingerprint density at radius 3 is 2.19 bits per heavy atom. The molecular weight excluding hydrogens is 334 g/mol. The quantitative estimate of drug-likeness (QED) is 0.301. The first-order valence-corrected chi connectivity index (χ1v) is 8.89. The van der Waals surface area contributed by atoms with Crippen LogP contribution in [0.5, 0.6) is 11.5 Å². The van der Waals surface area contributed by atoms with Crippen LogP contribution in [0.25, 0.3) is 0 Å². The number of benzene rings is 3. The molecule has 0 aliphatic rings. The second-order valence-corrected chi connectivity index (χ2v) is 6.40. The average Bonchev–Trinajstić information content (AvgIpc) is 2.68. The van der Waals surface area contributed by atoms with Crippen molar-refractivity contribution in [1.29, 1.82) is 0 Å². The summed E-state index contributed by atoms with van der Waals surface area (Å²) < 4.78 is 11.8. The van der Waals surface area contributed by atoms with Crippen LogP contribution in [0, 0.1) is 13.8 Å². The zero-order valence-electron chi connectivity index (χ0n) is 15.8. The molecule has 0 radical (unpaired) electrons. The van der Waals surface area contributed by atoms with Crippen molar-refractivity contribution in [1.82, 2.24) is 0 Å². The highest BCUT2D eigenvalue weighted by molar-refractivity contribution is 5.96. The Hall–Kier alpha value is -3.33. The molecule has 0 aliphatic heterocycles. The van der Waals surface area contributed by atoms with Crippen molar-refractivity contribution in [3.8, 4) is 11.5 Å². The molecule has 3 heteroatoms. The van der Waals surface area contributed by atoms with Crippen LogP contribution in [0.1, 0.15) is 18.1 Å². The third-order valence-electron chi connectivity index (χ3n) is 3.92. The lowest BCUT2D eigenvalue weighted by molar-refractivity contribution is 0.473. The van der Waals surface area contributed by atoms with E-state index < -0.39 is 0 Å². The van der Waals surface area contributed by atoms with E-state index in [-0.39, 0.29) is 0 Å². The first-order chi connectivity index (χ1) is 13.1. The molecule has 0 saturated carbocycles. The third kappa shape index (κ3) is 5.58. The van der Waals surface area contributed by atoms with E-state index in [1.807, 2.05) is 92.7 Å². The summed E-state index contributed by atoms with van der Waals surface area (Å²) in [4.78, 5) is 4.67. The summed E-state index contributed by atoms with van der Waals surface area (Å²) in [6.07, 6.45) is 1.67. The zero-order valence-corrected chi connectivity index (χ0v) is 15.8. The van der Waals surface area contributed by atoms with Gasteiger partial charge < -0.3 is 9.47 Å². The predicted molar refractivity (Wildman–Crippen MR) is 111 cm³/mol. The molecule has 27 heavy (non-hydrogen) atoms. The topological polar surface area (TPSA) is 30.8 Å². The number of aryl methyl sites for hydroxylation is 2. The Bertz CT molecular complexity index is 942. The van der Waals surface area contributed by atoms with Crippen LogP contribution >= 0.6 is 0 Å². The number of aliphatic imine (C=N–C) groups is 1. The van der Waals surface area contributed by atoms with Gasteiger partial charge in [0.2, 0.25) is 5.90 Å². The fraction of sp³-hybridized carbons (Fsp3) is 0.125. The van der Waals surface area contributed by atoms with Gasteiger partial charge in [0, 0.05) is 5.57 Å². The number of ether oxygens (including phenoxy) is 2. The van der Waals surface area contributed by atoms with Crippen LogP contribution in [0.4, 0.5) is 5.69 Å². The maximum atomic E-state index is 6.02. The van der Waals surface area contributed by atoms with Gasteiger partial charge in [-0.25, -0.2) is 4.99 Å². The van der Waals surface area contributed by atoms with Crippen molar-refractivity contribution in [3.63, 3.8) is 0 Å². The molecule has 0 N–H and O–H groups in total. The van der Waals surface area contributed by atoms with E-state index in [4.69, 9.17) is 9.47 Å². The number of hydrogen-bond donors (Lipinski definition) is 0. The highest BCUT2D eigenvalue weighted by Gasteiger charge is 2.08. The van der Waals surface area contributed by atoms with Gasteiger partial charge in [-0.1, -0.05) is 48.0 Å². The normalized spacial score (nSPS) is 12.0. The molecule has 0 heterocycles. The summed E-state index contributed by atoms with van der Waals surface area (Å²) in [6, 6.07) is 25.5. The molecule has 0 aliphatic carbocycles. The number of nitrogens with zero attached hydrogens (tertiary/aromatic N) is 1. The molecule has 0 saturated heterocycles. The van der Waals surface area contributed by atoms with E-state index in [1.165, 1.54) is 5.56 Å². The van der Waals surface area contributed by atoms with E-state index in [0.29, 0.717) is 5.90 Å². The Balaban J connectivity index is 1.87. The number of hydrogen-bond acceptors (Lipinski definition) is 3. The second-order valence-electron chi connectivity index (χ2n) is 6.40. The molecule has 0 atom stereocenters. The number of para-hydroxylation sites is 1. The highest BCUT2D eigenvalue weighted by atomic mass is 16.5. The summed E-state index contributed by atoms with van der Waals surface area (Å²) in [5, 5.41) is 0. The van der Waals surface area contributed by atoms with Gasteiger partial charge in [0.25, 0.3) is 0 Å². The summed E-state index contributed by atoms with van der Waals surface area (Å²) in [7, 11) is 0. The summed E-state index contributed by atoms with van der Waals surface area (Å²) in [5.41, 5.74) is 3.96. The van der Waals surface area contributed by atoms with Crippen molar-refractivity contribution in [2.24, 2.45) is 4.99 Å². The molecule has 0 unspecified atom stereocenters. The van der Waals surface area contributed by atoms with Crippen LogP contribution in [-0.2, 0) is 0 Å². The summed E-state index contributed by atoms with van der Waals surface area (Å²) in [6.45, 7) is 6.01. The van der Waals surface area contributed by atoms with Crippen molar-refractivity contribution in [3.05, 3.63) is 102 Å². The molecule has 3 rings (SSSR count). The molecule has 0 amide bonds. The Labute approximate surface area is 160 Å². The van der Waals surface area contributed by atoms with Crippen molar-refractivity contribution >= 4 is 11.6 Å². The van der Waals surface area contributed by atoms with Gasteiger partial charge in [-0.15, -0.1) is 0 Å². The zero-order chi connectivity index (χ0) is 19.1. The number of rotatable bonds is 5. The molecule has 3 aromatic carbocycles. The van der Waals surface area contributed by atoms with Crippen molar-refractivity contribution in [2.75, 3.05) is 0 Å². The van der Waals surface area contributed by atoms with E-state index in [9.17, 15) is 0 Å². The Kier molecular flexibility index (Phi) is 6.06.